The minimum atomic E-state index is -0.0241. The number of aromatic nitrogens is 3. The zero-order valence-corrected chi connectivity index (χ0v) is 8.14. The Hall–Kier alpha value is -1.42. The van der Waals surface area contributed by atoms with Crippen LogP contribution in [-0.4, -0.2) is 19.7 Å². The molecule has 0 aliphatic heterocycles. The molecule has 0 spiro atoms. The number of imidazole rings is 1. The predicted octanol–water partition coefficient (Wildman–Crippen LogP) is 1.17. The summed E-state index contributed by atoms with van der Waals surface area (Å²) >= 11 is 0. The SMILES string of the molecule is CCCc1ccc2ncc(CO)n2n1. The summed E-state index contributed by atoms with van der Waals surface area (Å²) in [6, 6.07) is 3.91. The topological polar surface area (TPSA) is 50.4 Å². The average Bonchev–Trinajstić information content (AvgIpc) is 2.60. The lowest BCUT2D eigenvalue weighted by atomic mass is 10.2. The fourth-order valence-electron chi connectivity index (χ4n) is 1.46. The first kappa shape index (κ1) is 9.15. The third kappa shape index (κ3) is 1.48. The first-order valence-corrected chi connectivity index (χ1v) is 4.78. The van der Waals surface area contributed by atoms with Crippen LogP contribution in [0.3, 0.4) is 0 Å². The summed E-state index contributed by atoms with van der Waals surface area (Å²) in [5.74, 6) is 0. The normalized spacial score (nSPS) is 11.0. The molecule has 1 N–H and O–H groups in total. The quantitative estimate of drug-likeness (QED) is 0.792. The summed E-state index contributed by atoms with van der Waals surface area (Å²) in [7, 11) is 0. The van der Waals surface area contributed by atoms with E-state index in [-0.39, 0.29) is 6.61 Å². The maximum Gasteiger partial charge on any atom is 0.153 e. The Morgan fingerprint density at radius 3 is 3.00 bits per heavy atom. The van der Waals surface area contributed by atoms with Crippen molar-refractivity contribution in [3.05, 3.63) is 29.7 Å². The first-order chi connectivity index (χ1) is 6.85. The highest BCUT2D eigenvalue weighted by Gasteiger charge is 2.03. The predicted molar refractivity (Wildman–Crippen MR) is 52.9 cm³/mol. The second-order valence-electron chi connectivity index (χ2n) is 3.25. The van der Waals surface area contributed by atoms with Crippen molar-refractivity contribution in [2.24, 2.45) is 0 Å². The molecule has 2 aromatic heterocycles. The van der Waals surface area contributed by atoms with Crippen molar-refractivity contribution in [1.82, 2.24) is 14.6 Å². The zero-order valence-electron chi connectivity index (χ0n) is 8.14. The van der Waals surface area contributed by atoms with Gasteiger partial charge >= 0.3 is 0 Å². The first-order valence-electron chi connectivity index (χ1n) is 4.78. The van der Waals surface area contributed by atoms with Crippen LogP contribution in [0.1, 0.15) is 24.7 Å². The van der Waals surface area contributed by atoms with E-state index in [2.05, 4.69) is 17.0 Å². The summed E-state index contributed by atoms with van der Waals surface area (Å²) in [5, 5.41) is 13.4. The summed E-state index contributed by atoms with van der Waals surface area (Å²) in [5.41, 5.74) is 2.56. The number of aryl methyl sites for hydroxylation is 1. The molecule has 0 radical (unpaired) electrons. The maximum atomic E-state index is 9.04. The molecule has 0 fully saturated rings. The summed E-state index contributed by atoms with van der Waals surface area (Å²) in [4.78, 5) is 4.13. The van der Waals surface area contributed by atoms with Gasteiger partial charge in [-0.15, -0.1) is 0 Å². The Bertz CT molecular complexity index is 436. The zero-order chi connectivity index (χ0) is 9.97. The van der Waals surface area contributed by atoms with E-state index < -0.39 is 0 Å². The second kappa shape index (κ2) is 3.75. The molecule has 74 valence electrons. The van der Waals surface area contributed by atoms with Crippen molar-refractivity contribution in [3.8, 4) is 0 Å². The van der Waals surface area contributed by atoms with Crippen LogP contribution < -0.4 is 0 Å². The largest absolute Gasteiger partial charge is 0.390 e. The van der Waals surface area contributed by atoms with Gasteiger partial charge in [0.25, 0.3) is 0 Å². The van der Waals surface area contributed by atoms with Gasteiger partial charge in [-0.1, -0.05) is 13.3 Å². The molecule has 4 heteroatoms. The van der Waals surface area contributed by atoms with Gasteiger partial charge in [0.2, 0.25) is 0 Å². The molecule has 2 heterocycles. The van der Waals surface area contributed by atoms with Crippen LogP contribution in [0.15, 0.2) is 18.3 Å². The van der Waals surface area contributed by atoms with E-state index in [1.54, 1.807) is 10.7 Å². The highest BCUT2D eigenvalue weighted by atomic mass is 16.3. The number of hydrogen-bond acceptors (Lipinski definition) is 3. The van der Waals surface area contributed by atoms with E-state index in [1.807, 2.05) is 12.1 Å². The third-order valence-corrected chi connectivity index (χ3v) is 2.16. The molecular formula is C10H13N3O. The van der Waals surface area contributed by atoms with Crippen molar-refractivity contribution in [2.75, 3.05) is 0 Å². The van der Waals surface area contributed by atoms with Crippen LogP contribution in [-0.2, 0) is 13.0 Å². The molecule has 14 heavy (non-hydrogen) atoms. The molecule has 0 unspecified atom stereocenters. The molecule has 0 atom stereocenters. The summed E-state index contributed by atoms with van der Waals surface area (Å²) in [6.45, 7) is 2.09. The van der Waals surface area contributed by atoms with Gasteiger partial charge < -0.3 is 5.11 Å². The molecule has 2 aromatic rings. The fourth-order valence-corrected chi connectivity index (χ4v) is 1.46. The van der Waals surface area contributed by atoms with Crippen LogP contribution in [0, 0.1) is 0 Å². The summed E-state index contributed by atoms with van der Waals surface area (Å²) in [6.07, 6.45) is 3.68. The Morgan fingerprint density at radius 2 is 2.29 bits per heavy atom. The molecule has 0 amide bonds. The molecule has 0 bridgehead atoms. The van der Waals surface area contributed by atoms with E-state index >= 15 is 0 Å². The van der Waals surface area contributed by atoms with Crippen molar-refractivity contribution in [1.29, 1.82) is 0 Å². The highest BCUT2D eigenvalue weighted by molar-refractivity contribution is 5.38. The lowest BCUT2D eigenvalue weighted by molar-refractivity contribution is 0.274. The number of nitrogens with zero attached hydrogens (tertiary/aromatic N) is 3. The standard InChI is InChI=1S/C10H13N3O/c1-2-3-8-4-5-10-11-6-9(7-14)13(10)12-8/h4-6,14H,2-3,7H2,1H3. The van der Waals surface area contributed by atoms with E-state index in [9.17, 15) is 0 Å². The van der Waals surface area contributed by atoms with Crippen LogP contribution >= 0.6 is 0 Å². The van der Waals surface area contributed by atoms with E-state index in [1.165, 1.54) is 0 Å². The van der Waals surface area contributed by atoms with Crippen molar-refractivity contribution < 1.29 is 5.11 Å². The second-order valence-corrected chi connectivity index (χ2v) is 3.25. The van der Waals surface area contributed by atoms with Crippen LogP contribution in [0.5, 0.6) is 0 Å². The average molecular weight is 191 g/mol. The minimum Gasteiger partial charge on any atom is -0.390 e. The number of aliphatic hydroxyl groups excluding tert-OH is 1. The molecule has 0 aromatic carbocycles. The number of hydrogen-bond donors (Lipinski definition) is 1. The smallest absolute Gasteiger partial charge is 0.153 e. The van der Waals surface area contributed by atoms with Gasteiger partial charge in [0.1, 0.15) is 0 Å². The van der Waals surface area contributed by atoms with Gasteiger partial charge in [0.15, 0.2) is 5.65 Å². The molecule has 0 aliphatic carbocycles. The summed E-state index contributed by atoms with van der Waals surface area (Å²) < 4.78 is 1.70. The maximum absolute atomic E-state index is 9.04. The van der Waals surface area contributed by atoms with E-state index in [4.69, 9.17) is 5.11 Å². The molecule has 4 nitrogen and oxygen atoms in total. The Kier molecular flexibility index (Phi) is 2.45. The molecule has 0 aliphatic rings. The Labute approximate surface area is 82.2 Å². The Balaban J connectivity index is 2.50. The van der Waals surface area contributed by atoms with Crippen LogP contribution in [0.4, 0.5) is 0 Å². The van der Waals surface area contributed by atoms with Gasteiger partial charge in [-0.25, -0.2) is 9.50 Å². The minimum absolute atomic E-state index is 0.0241. The van der Waals surface area contributed by atoms with Gasteiger partial charge in [0.05, 0.1) is 24.2 Å². The van der Waals surface area contributed by atoms with Crippen LogP contribution in [0.2, 0.25) is 0 Å². The molecule has 0 saturated heterocycles. The van der Waals surface area contributed by atoms with Crippen molar-refractivity contribution >= 4 is 5.65 Å². The molecule has 2 rings (SSSR count). The molecule has 0 saturated carbocycles. The lowest BCUT2D eigenvalue weighted by Gasteiger charge is -2.00. The fraction of sp³-hybridized carbons (Fsp3) is 0.400. The number of rotatable bonds is 3. The van der Waals surface area contributed by atoms with Gasteiger partial charge in [-0.2, -0.15) is 5.10 Å². The highest BCUT2D eigenvalue weighted by Crippen LogP contribution is 2.07. The van der Waals surface area contributed by atoms with Crippen LogP contribution in [0.25, 0.3) is 5.65 Å². The van der Waals surface area contributed by atoms with Crippen molar-refractivity contribution in [3.63, 3.8) is 0 Å². The van der Waals surface area contributed by atoms with Gasteiger partial charge in [0, 0.05) is 0 Å². The van der Waals surface area contributed by atoms with Gasteiger partial charge in [-0.3, -0.25) is 0 Å². The van der Waals surface area contributed by atoms with E-state index in [0.717, 1.165) is 29.9 Å². The van der Waals surface area contributed by atoms with Crippen molar-refractivity contribution in [2.45, 2.75) is 26.4 Å². The van der Waals surface area contributed by atoms with Gasteiger partial charge in [-0.05, 0) is 18.6 Å². The number of aliphatic hydroxyl groups is 1. The Morgan fingerprint density at radius 1 is 1.43 bits per heavy atom. The molecular weight excluding hydrogens is 178 g/mol. The monoisotopic (exact) mass is 191 g/mol. The third-order valence-electron chi connectivity index (χ3n) is 2.16. The number of fused-ring (bicyclic) bond motifs is 1. The van der Waals surface area contributed by atoms with E-state index in [0.29, 0.717) is 0 Å². The lowest BCUT2D eigenvalue weighted by Crippen LogP contribution is -2.01.